The molecule has 6 aliphatic carbocycles. The zero-order valence-electron chi connectivity index (χ0n) is 56.0. The van der Waals surface area contributed by atoms with Crippen molar-refractivity contribution in [3.8, 4) is 0 Å². The Morgan fingerprint density at radius 3 is 0.506 bits per heavy atom. The van der Waals surface area contributed by atoms with Crippen LogP contribution in [0.3, 0.4) is 0 Å². The second-order valence-electron chi connectivity index (χ2n) is 25.4. The Hall–Kier alpha value is -6.72. The largest absolute Gasteiger partial charge is 0.451 e. The molecule has 0 heterocycles. The third-order valence-electron chi connectivity index (χ3n) is 16.7. The molecule has 0 radical (unpaired) electrons. The van der Waals surface area contributed by atoms with Crippen LogP contribution in [0.2, 0.25) is 0 Å². The summed E-state index contributed by atoms with van der Waals surface area (Å²) in [5.74, 6) is -2.56. The van der Waals surface area contributed by atoms with E-state index in [1.165, 1.54) is 110 Å². The topological polar surface area (TPSA) is 260 Å². The van der Waals surface area contributed by atoms with Crippen LogP contribution in [0.25, 0.3) is 0 Å². The van der Waals surface area contributed by atoms with Crippen molar-refractivity contribution >= 4 is 70.5 Å². The predicted octanol–water partition coefficient (Wildman–Crippen LogP) is 13.1. The quantitative estimate of drug-likeness (QED) is 0.0999. The highest BCUT2D eigenvalue weighted by molar-refractivity contribution is 5.91. The van der Waals surface area contributed by atoms with Gasteiger partial charge < -0.3 is 28.4 Å². The molecule has 0 fully saturated rings. The maximum absolute atomic E-state index is 11.9. The van der Waals surface area contributed by atoms with Gasteiger partial charge in [0.15, 0.2) is 68.3 Å². The zero-order valence-corrected chi connectivity index (χ0v) is 56.0. The lowest BCUT2D eigenvalue weighted by atomic mass is 9.82. The highest BCUT2D eigenvalue weighted by Crippen LogP contribution is 2.37. The molecule has 0 bridgehead atoms. The van der Waals surface area contributed by atoms with Gasteiger partial charge in [-0.25, -0.2) is 0 Å². The summed E-state index contributed by atoms with van der Waals surface area (Å²) in [5, 5.41) is 0. The predicted molar refractivity (Wildman–Crippen MR) is 330 cm³/mol. The summed E-state index contributed by atoms with van der Waals surface area (Å²) < 4.78 is 31.3. The van der Waals surface area contributed by atoms with E-state index in [1.54, 1.807) is 20.8 Å². The van der Waals surface area contributed by atoms with E-state index in [-0.39, 0.29) is 70.5 Å². The van der Waals surface area contributed by atoms with Gasteiger partial charge in [0.25, 0.3) is 0 Å². The molecule has 87 heavy (non-hydrogen) atoms. The molecule has 6 unspecified atom stereocenters. The van der Waals surface area contributed by atoms with Crippen molar-refractivity contribution in [2.24, 2.45) is 5.41 Å². The fraction of sp³-hybridized carbons (Fsp3) is 0.652. The summed E-state index contributed by atoms with van der Waals surface area (Å²) in [6.45, 7) is 33.2. The van der Waals surface area contributed by atoms with Crippen LogP contribution in [-0.2, 0) is 86.0 Å². The summed E-state index contributed by atoms with van der Waals surface area (Å²) in [6.07, 6.45) is 23.6. The summed E-state index contributed by atoms with van der Waals surface area (Å²) in [7, 11) is 0. The van der Waals surface area contributed by atoms with Gasteiger partial charge in [0.1, 0.15) is 0 Å². The molecular weight excluding hydrogens is 1120 g/mol. The van der Waals surface area contributed by atoms with Crippen molar-refractivity contribution in [2.45, 2.75) is 288 Å². The molecule has 0 amide bonds. The summed E-state index contributed by atoms with van der Waals surface area (Å²) >= 11 is 0. The second kappa shape index (κ2) is 34.1. The van der Waals surface area contributed by atoms with E-state index in [9.17, 15) is 57.5 Å². The van der Waals surface area contributed by atoms with Gasteiger partial charge >= 0.3 is 35.8 Å². The standard InChI is InChI=1S/C14H22O3.5C11H16O3/c1-10-6-8-14(9-7-10,11(2)15)17-12(16)13(3,4)5;5*1-8-4-6-11(7-5-8,9(2)12)14-10(3)13/h6H,7-9H2,1-5H3;5*4H,5-7H2,1-3H3. The number of hydrogen-bond acceptors (Lipinski definition) is 18. The molecule has 6 aliphatic rings. The van der Waals surface area contributed by atoms with Gasteiger partial charge in [-0.3, -0.25) is 57.5 Å². The van der Waals surface area contributed by atoms with E-state index in [0.29, 0.717) is 77.0 Å². The Morgan fingerprint density at radius 2 is 0.414 bits per heavy atom. The fourth-order valence-electron chi connectivity index (χ4n) is 10.3. The molecule has 6 atom stereocenters. The Kier molecular flexibility index (Phi) is 30.7. The summed E-state index contributed by atoms with van der Waals surface area (Å²) in [6, 6.07) is 0. The summed E-state index contributed by atoms with van der Waals surface area (Å²) in [5.41, 5.74) is 1.63. The Morgan fingerprint density at radius 1 is 0.276 bits per heavy atom. The highest BCUT2D eigenvalue weighted by atomic mass is 16.6. The smallest absolute Gasteiger partial charge is 0.312 e. The van der Waals surface area contributed by atoms with Gasteiger partial charge in [0, 0.05) is 73.1 Å². The number of ketones is 6. The van der Waals surface area contributed by atoms with E-state index in [2.05, 4.69) is 0 Å². The fourth-order valence-corrected chi connectivity index (χ4v) is 10.3. The number of carbonyl (C=O) groups excluding carboxylic acids is 12. The van der Waals surface area contributed by atoms with Crippen LogP contribution < -0.4 is 0 Å². The van der Waals surface area contributed by atoms with Crippen molar-refractivity contribution in [3.05, 3.63) is 69.9 Å². The van der Waals surface area contributed by atoms with E-state index >= 15 is 0 Å². The molecule has 0 spiro atoms. The van der Waals surface area contributed by atoms with Gasteiger partial charge in [-0.1, -0.05) is 69.9 Å². The van der Waals surface area contributed by atoms with Gasteiger partial charge in [-0.15, -0.1) is 0 Å². The minimum Gasteiger partial charge on any atom is -0.451 e. The van der Waals surface area contributed by atoms with Crippen LogP contribution >= 0.6 is 0 Å². The van der Waals surface area contributed by atoms with E-state index in [1.807, 2.05) is 78.0 Å². The first-order valence-electron chi connectivity index (χ1n) is 30.2. The number of allylic oxidation sites excluding steroid dienone is 6. The molecule has 486 valence electrons. The third kappa shape index (κ3) is 25.1. The number of ether oxygens (including phenoxy) is 6. The minimum atomic E-state index is -0.927. The van der Waals surface area contributed by atoms with Crippen molar-refractivity contribution in [1.82, 2.24) is 0 Å². The Labute approximate surface area is 517 Å². The SMILES string of the molecule is CC(=O)C1(OC(=O)C(C)(C)C)CC=C(C)CC1.CC(=O)OC1(C(C)=O)CC=C(C)CC1.CC(=O)OC1(C(C)=O)CC=C(C)CC1.CC(=O)OC1(C(C)=O)CC=C(C)CC1.CC(=O)OC1(C(C)=O)CC=C(C)CC1.CC(=O)OC1(C(C)=O)CC=C(C)CC1. The molecule has 6 rings (SSSR count). The van der Waals surface area contributed by atoms with Gasteiger partial charge in [0.2, 0.25) is 0 Å². The van der Waals surface area contributed by atoms with Crippen LogP contribution in [0.15, 0.2) is 69.9 Å². The Bertz CT molecular complexity index is 2430. The zero-order chi connectivity index (χ0) is 67.1. The number of carbonyl (C=O) groups is 12. The third-order valence-corrected chi connectivity index (χ3v) is 16.7. The van der Waals surface area contributed by atoms with E-state index in [0.717, 1.165) is 38.5 Å². The molecular formula is C69H102O18. The average Bonchev–Trinajstić information content (AvgIpc) is 1.81. The monoisotopic (exact) mass is 1220 g/mol. The maximum atomic E-state index is 11.9. The van der Waals surface area contributed by atoms with Gasteiger partial charge in [0.05, 0.1) is 5.41 Å². The molecule has 18 nitrogen and oxygen atoms in total. The lowest BCUT2D eigenvalue weighted by Gasteiger charge is -2.35. The average molecular weight is 1220 g/mol. The van der Waals surface area contributed by atoms with Crippen molar-refractivity contribution in [2.75, 3.05) is 0 Å². The lowest BCUT2D eigenvalue weighted by molar-refractivity contribution is -0.175. The second-order valence-corrected chi connectivity index (χ2v) is 25.4. The molecule has 0 saturated carbocycles. The van der Waals surface area contributed by atoms with Crippen LogP contribution in [-0.4, -0.2) is 104 Å². The molecule has 0 saturated heterocycles. The minimum absolute atomic E-state index is 0.0566. The highest BCUT2D eigenvalue weighted by Gasteiger charge is 2.45. The normalized spacial score (nSPS) is 26.3. The van der Waals surface area contributed by atoms with E-state index in [4.69, 9.17) is 28.4 Å². The Balaban J connectivity index is 0.000000523. The van der Waals surface area contributed by atoms with E-state index < -0.39 is 39.0 Å². The maximum Gasteiger partial charge on any atom is 0.312 e. The number of hydrogen-bond donors (Lipinski definition) is 0. The van der Waals surface area contributed by atoms with Crippen LogP contribution in [0.1, 0.15) is 254 Å². The molecule has 0 aromatic rings. The van der Waals surface area contributed by atoms with Gasteiger partial charge in [-0.2, -0.15) is 0 Å². The number of esters is 6. The van der Waals surface area contributed by atoms with Crippen LogP contribution in [0.4, 0.5) is 0 Å². The number of Topliss-reactive ketones (excluding diaryl/α,β-unsaturated/α-hetero) is 6. The van der Waals surface area contributed by atoms with Crippen LogP contribution in [0, 0.1) is 5.41 Å². The molecule has 0 N–H and O–H groups in total. The molecule has 0 aromatic carbocycles. The molecule has 0 aromatic heterocycles. The van der Waals surface area contributed by atoms with Crippen molar-refractivity contribution in [3.63, 3.8) is 0 Å². The van der Waals surface area contributed by atoms with Crippen molar-refractivity contribution in [1.29, 1.82) is 0 Å². The summed E-state index contributed by atoms with van der Waals surface area (Å²) in [4.78, 5) is 136. The first-order valence-corrected chi connectivity index (χ1v) is 30.2. The number of rotatable bonds is 12. The van der Waals surface area contributed by atoms with Crippen molar-refractivity contribution < 1.29 is 86.0 Å². The molecule has 0 aliphatic heterocycles. The first-order chi connectivity index (χ1) is 40.0. The van der Waals surface area contributed by atoms with Crippen LogP contribution in [0.5, 0.6) is 0 Å². The first kappa shape index (κ1) is 78.3. The lowest BCUT2D eigenvalue weighted by Crippen LogP contribution is -2.45. The van der Waals surface area contributed by atoms with Gasteiger partial charge in [-0.05, 0) is 181 Å². The molecule has 18 heteroatoms.